The van der Waals surface area contributed by atoms with Crippen LogP contribution in [0.3, 0.4) is 0 Å². The highest BCUT2D eigenvalue weighted by molar-refractivity contribution is 7.99. The molecule has 21 heavy (non-hydrogen) atoms. The largest absolute Gasteiger partial charge is 0.357 e. The molecule has 0 aromatic rings. The van der Waals surface area contributed by atoms with Gasteiger partial charge in [0.2, 0.25) is 0 Å². The molecular formula is C16H32N4S. The summed E-state index contributed by atoms with van der Waals surface area (Å²) in [6.07, 6.45) is 6.18. The molecule has 5 heteroatoms. The zero-order chi connectivity index (χ0) is 15.5. The van der Waals surface area contributed by atoms with Crippen LogP contribution in [0.15, 0.2) is 4.99 Å². The number of likely N-dealkylation sites (tertiary alicyclic amines) is 1. The number of hydrogen-bond acceptors (Lipinski definition) is 3. The molecule has 2 N–H and O–H groups in total. The van der Waals surface area contributed by atoms with Crippen LogP contribution in [0.4, 0.5) is 0 Å². The summed E-state index contributed by atoms with van der Waals surface area (Å²) in [6, 6.07) is 2.11. The van der Waals surface area contributed by atoms with Gasteiger partial charge in [-0.25, -0.2) is 0 Å². The molecule has 4 nitrogen and oxygen atoms in total. The van der Waals surface area contributed by atoms with Crippen molar-refractivity contribution in [3.63, 3.8) is 0 Å². The first-order valence-corrected chi connectivity index (χ1v) is 9.53. The monoisotopic (exact) mass is 312 g/mol. The van der Waals surface area contributed by atoms with Crippen molar-refractivity contribution in [2.24, 2.45) is 4.99 Å². The molecule has 0 bridgehead atoms. The summed E-state index contributed by atoms with van der Waals surface area (Å²) in [4.78, 5) is 7.46. The normalized spacial score (nSPS) is 28.0. The van der Waals surface area contributed by atoms with E-state index in [9.17, 15) is 0 Å². The van der Waals surface area contributed by atoms with E-state index in [0.717, 1.165) is 25.1 Å². The molecule has 2 aliphatic rings. The number of nitrogens with zero attached hydrogens (tertiary/aromatic N) is 2. The molecule has 2 rings (SSSR count). The van der Waals surface area contributed by atoms with Crippen LogP contribution in [-0.4, -0.2) is 59.6 Å². The molecule has 1 heterocycles. The van der Waals surface area contributed by atoms with Crippen LogP contribution in [0.2, 0.25) is 0 Å². The summed E-state index contributed by atoms with van der Waals surface area (Å²) in [7, 11) is 0. The van der Waals surface area contributed by atoms with Gasteiger partial charge in [-0.15, -0.1) is 0 Å². The highest BCUT2D eigenvalue weighted by atomic mass is 32.2. The van der Waals surface area contributed by atoms with E-state index in [4.69, 9.17) is 4.99 Å². The first-order chi connectivity index (χ1) is 9.95. The summed E-state index contributed by atoms with van der Waals surface area (Å²) in [5.41, 5.74) is 0. The average molecular weight is 313 g/mol. The van der Waals surface area contributed by atoms with Crippen molar-refractivity contribution in [1.82, 2.24) is 15.5 Å². The fraction of sp³-hybridized carbons (Fsp3) is 0.938. The van der Waals surface area contributed by atoms with Gasteiger partial charge in [-0.2, -0.15) is 11.8 Å². The molecule has 0 spiro atoms. The third kappa shape index (κ3) is 5.06. The van der Waals surface area contributed by atoms with Gasteiger partial charge >= 0.3 is 0 Å². The van der Waals surface area contributed by atoms with Gasteiger partial charge in [0.25, 0.3) is 0 Å². The van der Waals surface area contributed by atoms with E-state index in [1.807, 2.05) is 11.8 Å². The van der Waals surface area contributed by atoms with Gasteiger partial charge in [0.15, 0.2) is 5.96 Å². The van der Waals surface area contributed by atoms with E-state index in [-0.39, 0.29) is 4.75 Å². The van der Waals surface area contributed by atoms with E-state index in [1.54, 1.807) is 0 Å². The predicted octanol–water partition coefficient (Wildman–Crippen LogP) is 2.31. The van der Waals surface area contributed by atoms with Crippen molar-refractivity contribution in [1.29, 1.82) is 0 Å². The number of aliphatic imine (C=N–C) groups is 1. The standard InChI is InChI=1S/C16H32N4S/c1-6-17-15(18-11-16(3,4)21-5)19-13-9-12(2)20(10-13)14-7-8-14/h12-14H,6-11H2,1-5H3,(H2,17,18,19). The lowest BCUT2D eigenvalue weighted by Crippen LogP contribution is -2.45. The Morgan fingerprint density at radius 3 is 2.67 bits per heavy atom. The van der Waals surface area contributed by atoms with Gasteiger partial charge in [-0.1, -0.05) is 0 Å². The third-order valence-electron chi connectivity index (χ3n) is 4.49. The fourth-order valence-electron chi connectivity index (χ4n) is 2.92. The second kappa shape index (κ2) is 7.23. The summed E-state index contributed by atoms with van der Waals surface area (Å²) in [5, 5.41) is 7.04. The van der Waals surface area contributed by atoms with E-state index >= 15 is 0 Å². The van der Waals surface area contributed by atoms with E-state index in [1.165, 1.54) is 25.8 Å². The van der Waals surface area contributed by atoms with Crippen LogP contribution in [0.1, 0.15) is 47.0 Å². The van der Waals surface area contributed by atoms with Gasteiger partial charge in [0.1, 0.15) is 0 Å². The van der Waals surface area contributed by atoms with Crippen molar-refractivity contribution in [2.75, 3.05) is 25.9 Å². The molecule has 2 atom stereocenters. The van der Waals surface area contributed by atoms with Gasteiger partial charge in [0.05, 0.1) is 6.54 Å². The summed E-state index contributed by atoms with van der Waals surface area (Å²) in [6.45, 7) is 11.9. The molecule has 0 radical (unpaired) electrons. The highest BCUT2D eigenvalue weighted by Crippen LogP contribution is 2.33. The maximum atomic E-state index is 4.79. The molecule has 1 aliphatic heterocycles. The van der Waals surface area contributed by atoms with Crippen LogP contribution >= 0.6 is 11.8 Å². The lowest BCUT2D eigenvalue weighted by Gasteiger charge is -2.22. The van der Waals surface area contributed by atoms with Crippen LogP contribution in [0, 0.1) is 0 Å². The lowest BCUT2D eigenvalue weighted by molar-refractivity contribution is 0.256. The lowest BCUT2D eigenvalue weighted by atomic mass is 10.2. The van der Waals surface area contributed by atoms with Gasteiger partial charge in [-0.3, -0.25) is 9.89 Å². The van der Waals surface area contributed by atoms with E-state index in [2.05, 4.69) is 49.5 Å². The van der Waals surface area contributed by atoms with E-state index < -0.39 is 0 Å². The van der Waals surface area contributed by atoms with Crippen LogP contribution < -0.4 is 10.6 Å². The Kier molecular flexibility index (Phi) is 5.83. The fourth-order valence-corrected chi connectivity index (χ4v) is 3.12. The smallest absolute Gasteiger partial charge is 0.191 e. The number of hydrogen-bond donors (Lipinski definition) is 2. The van der Waals surface area contributed by atoms with E-state index in [0.29, 0.717) is 12.1 Å². The Morgan fingerprint density at radius 1 is 1.38 bits per heavy atom. The SMILES string of the molecule is CCNC(=NCC(C)(C)SC)NC1CC(C)N(C2CC2)C1. The topological polar surface area (TPSA) is 39.7 Å². The maximum absolute atomic E-state index is 4.79. The Labute approximate surface area is 134 Å². The maximum Gasteiger partial charge on any atom is 0.191 e. The first-order valence-electron chi connectivity index (χ1n) is 8.31. The Bertz CT molecular complexity index is 365. The summed E-state index contributed by atoms with van der Waals surface area (Å²) >= 11 is 1.87. The predicted molar refractivity (Wildman–Crippen MR) is 94.3 cm³/mol. The Balaban J connectivity index is 1.88. The second-order valence-electron chi connectivity index (χ2n) is 7.01. The second-order valence-corrected chi connectivity index (χ2v) is 8.53. The minimum Gasteiger partial charge on any atom is -0.357 e. The molecule has 122 valence electrons. The quantitative estimate of drug-likeness (QED) is 0.583. The molecule has 2 fully saturated rings. The van der Waals surface area contributed by atoms with Gasteiger partial charge in [0, 0.05) is 36.0 Å². The Morgan fingerprint density at radius 2 is 2.10 bits per heavy atom. The molecular weight excluding hydrogens is 280 g/mol. The van der Waals surface area contributed by atoms with Crippen molar-refractivity contribution in [2.45, 2.75) is 69.8 Å². The van der Waals surface area contributed by atoms with Crippen molar-refractivity contribution in [3.8, 4) is 0 Å². The first kappa shape index (κ1) is 16.9. The van der Waals surface area contributed by atoms with Gasteiger partial charge in [-0.05, 0) is 53.2 Å². The zero-order valence-electron chi connectivity index (χ0n) is 14.3. The third-order valence-corrected chi connectivity index (χ3v) is 5.73. The summed E-state index contributed by atoms with van der Waals surface area (Å²) in [5.74, 6) is 0.981. The van der Waals surface area contributed by atoms with Crippen LogP contribution in [0.5, 0.6) is 0 Å². The van der Waals surface area contributed by atoms with Crippen LogP contribution in [-0.2, 0) is 0 Å². The minimum atomic E-state index is 0.200. The zero-order valence-corrected chi connectivity index (χ0v) is 15.1. The molecule has 0 aromatic heterocycles. The molecule has 0 aromatic carbocycles. The summed E-state index contributed by atoms with van der Waals surface area (Å²) < 4.78 is 0.200. The highest BCUT2D eigenvalue weighted by Gasteiger charge is 2.38. The number of nitrogens with one attached hydrogen (secondary N) is 2. The molecule has 1 saturated carbocycles. The average Bonchev–Trinajstić information content (AvgIpc) is 3.21. The number of rotatable bonds is 6. The molecule has 1 aliphatic carbocycles. The molecule has 1 saturated heterocycles. The number of thioether (sulfide) groups is 1. The molecule has 0 amide bonds. The minimum absolute atomic E-state index is 0.200. The van der Waals surface area contributed by atoms with Gasteiger partial charge < -0.3 is 10.6 Å². The van der Waals surface area contributed by atoms with Crippen LogP contribution in [0.25, 0.3) is 0 Å². The van der Waals surface area contributed by atoms with Crippen molar-refractivity contribution < 1.29 is 0 Å². The molecule has 2 unspecified atom stereocenters. The number of guanidine groups is 1. The van der Waals surface area contributed by atoms with Crippen molar-refractivity contribution in [3.05, 3.63) is 0 Å². The van der Waals surface area contributed by atoms with Crippen molar-refractivity contribution >= 4 is 17.7 Å². The Hall–Kier alpha value is -0.420.